The topological polar surface area (TPSA) is 3.24 Å². The number of anilines is 1. The second-order valence-corrected chi connectivity index (χ2v) is 5.22. The predicted molar refractivity (Wildman–Crippen MR) is 69.7 cm³/mol. The van der Waals surface area contributed by atoms with Crippen molar-refractivity contribution in [3.63, 3.8) is 0 Å². The van der Waals surface area contributed by atoms with Gasteiger partial charge in [0.1, 0.15) is 0 Å². The van der Waals surface area contributed by atoms with Gasteiger partial charge in [0.25, 0.3) is 0 Å². The number of nitrogens with zero attached hydrogens (tertiary/aromatic N) is 1. The molecule has 0 aliphatic carbocycles. The smallest absolute Gasteiger partial charge is 0.0485 e. The molecule has 0 spiro atoms. The monoisotopic (exact) mass is 287 g/mol. The quantitative estimate of drug-likeness (QED) is 0.738. The summed E-state index contributed by atoms with van der Waals surface area (Å²) in [6, 6.07) is 7.13. The van der Waals surface area contributed by atoms with Crippen LogP contribution >= 0.6 is 27.5 Å². The molecule has 1 heterocycles. The second-order valence-electron chi connectivity index (χ2n) is 4.09. The number of rotatable bonds is 2. The molecule has 0 aromatic heterocycles. The molecule has 1 fully saturated rings. The van der Waals surface area contributed by atoms with Crippen molar-refractivity contribution in [2.45, 2.75) is 31.7 Å². The van der Waals surface area contributed by atoms with Gasteiger partial charge in [0.15, 0.2) is 0 Å². The molecule has 2 rings (SSSR count). The van der Waals surface area contributed by atoms with Crippen molar-refractivity contribution in [2.75, 3.05) is 11.4 Å². The molecule has 0 radical (unpaired) electrons. The van der Waals surface area contributed by atoms with E-state index in [0.29, 0.717) is 11.9 Å². The van der Waals surface area contributed by atoms with E-state index < -0.39 is 0 Å². The van der Waals surface area contributed by atoms with Crippen LogP contribution in [0.5, 0.6) is 0 Å². The molecule has 82 valence electrons. The van der Waals surface area contributed by atoms with Gasteiger partial charge in [-0.1, -0.05) is 22.0 Å². The summed E-state index contributed by atoms with van der Waals surface area (Å²) in [5, 5.41) is 0. The molecule has 1 aromatic rings. The fraction of sp³-hybridized carbons (Fsp3) is 0.500. The Hall–Kier alpha value is -0.210. The van der Waals surface area contributed by atoms with Crippen molar-refractivity contribution in [3.05, 3.63) is 28.2 Å². The summed E-state index contributed by atoms with van der Waals surface area (Å²) in [6.45, 7) is 3.46. The lowest BCUT2D eigenvalue weighted by molar-refractivity contribution is 0.735. The lowest BCUT2D eigenvalue weighted by atomic mass is 10.2. The van der Waals surface area contributed by atoms with Gasteiger partial charge in [-0.2, -0.15) is 0 Å². The number of alkyl halides is 1. The number of halogens is 2. The molecule has 0 amide bonds. The van der Waals surface area contributed by atoms with E-state index in [1.807, 2.05) is 0 Å². The lowest BCUT2D eigenvalue weighted by Crippen LogP contribution is -2.26. The van der Waals surface area contributed by atoms with Crippen molar-refractivity contribution in [1.29, 1.82) is 0 Å². The maximum Gasteiger partial charge on any atom is 0.0485 e. The maximum atomic E-state index is 5.83. The first-order chi connectivity index (χ1) is 7.22. The van der Waals surface area contributed by atoms with E-state index in [4.69, 9.17) is 11.6 Å². The van der Waals surface area contributed by atoms with Gasteiger partial charge in [-0.25, -0.2) is 0 Å². The zero-order valence-electron chi connectivity index (χ0n) is 8.84. The third-order valence-corrected chi connectivity index (χ3v) is 4.09. The highest BCUT2D eigenvalue weighted by atomic mass is 79.9. The third kappa shape index (κ3) is 2.31. The predicted octanol–water partition coefficient (Wildman–Crippen LogP) is 4.18. The minimum atomic E-state index is 0.566. The highest BCUT2D eigenvalue weighted by Gasteiger charge is 2.20. The number of hydrogen-bond acceptors (Lipinski definition) is 1. The summed E-state index contributed by atoms with van der Waals surface area (Å²) in [5.74, 6) is 0.566. The molecule has 3 heteroatoms. The largest absolute Gasteiger partial charge is 0.369 e. The fourth-order valence-electron chi connectivity index (χ4n) is 2.14. The van der Waals surface area contributed by atoms with E-state index in [1.54, 1.807) is 0 Å². The summed E-state index contributed by atoms with van der Waals surface area (Å²) < 4.78 is 1.12. The van der Waals surface area contributed by atoms with Gasteiger partial charge in [0.05, 0.1) is 0 Å². The van der Waals surface area contributed by atoms with Gasteiger partial charge in [-0.15, -0.1) is 11.6 Å². The van der Waals surface area contributed by atoms with E-state index in [0.717, 1.165) is 10.0 Å². The highest BCUT2D eigenvalue weighted by molar-refractivity contribution is 9.10. The Morgan fingerprint density at radius 1 is 1.53 bits per heavy atom. The molecule has 0 N–H and O–H groups in total. The Balaban J connectivity index is 2.25. The average molecular weight is 289 g/mol. The Bertz CT molecular complexity index is 353. The first-order valence-electron chi connectivity index (χ1n) is 5.33. The summed E-state index contributed by atoms with van der Waals surface area (Å²) >= 11 is 9.39. The van der Waals surface area contributed by atoms with Gasteiger partial charge >= 0.3 is 0 Å². The van der Waals surface area contributed by atoms with Crippen LogP contribution in [0.4, 0.5) is 5.69 Å². The Morgan fingerprint density at radius 3 is 2.87 bits per heavy atom. The van der Waals surface area contributed by atoms with Crippen LogP contribution in [0.1, 0.15) is 25.3 Å². The van der Waals surface area contributed by atoms with Crippen molar-refractivity contribution >= 4 is 33.2 Å². The molecule has 1 aliphatic rings. The van der Waals surface area contributed by atoms with E-state index in [2.05, 4.69) is 46.0 Å². The summed E-state index contributed by atoms with van der Waals surface area (Å²) in [6.07, 6.45) is 2.60. The molecule has 1 nitrogen and oxygen atoms in total. The molecular weight excluding hydrogens is 273 g/mol. The maximum absolute atomic E-state index is 5.83. The van der Waals surface area contributed by atoms with Gasteiger partial charge < -0.3 is 4.90 Å². The van der Waals surface area contributed by atoms with E-state index in [9.17, 15) is 0 Å². The van der Waals surface area contributed by atoms with Crippen LogP contribution in [0.25, 0.3) is 0 Å². The first-order valence-corrected chi connectivity index (χ1v) is 6.66. The second kappa shape index (κ2) is 4.75. The molecule has 0 saturated carbocycles. The van der Waals surface area contributed by atoms with Crippen LogP contribution in [0.3, 0.4) is 0 Å². The third-order valence-electron chi connectivity index (χ3n) is 3.07. The minimum absolute atomic E-state index is 0.566. The van der Waals surface area contributed by atoms with E-state index >= 15 is 0 Å². The Kier molecular flexibility index (Phi) is 3.57. The van der Waals surface area contributed by atoms with Crippen molar-refractivity contribution in [1.82, 2.24) is 0 Å². The number of benzene rings is 1. The van der Waals surface area contributed by atoms with Crippen molar-refractivity contribution in [3.8, 4) is 0 Å². The molecule has 15 heavy (non-hydrogen) atoms. The van der Waals surface area contributed by atoms with E-state index in [1.165, 1.54) is 25.1 Å². The SMILES string of the molecule is CC1CCCN1c1ccc(CCl)c(Br)c1. The van der Waals surface area contributed by atoms with Crippen LogP contribution in [-0.2, 0) is 5.88 Å². The first kappa shape index (κ1) is 11.3. The highest BCUT2D eigenvalue weighted by Crippen LogP contribution is 2.29. The van der Waals surface area contributed by atoms with Crippen molar-refractivity contribution in [2.24, 2.45) is 0 Å². The Morgan fingerprint density at radius 2 is 2.33 bits per heavy atom. The zero-order chi connectivity index (χ0) is 10.8. The minimum Gasteiger partial charge on any atom is -0.369 e. The van der Waals surface area contributed by atoms with Gasteiger partial charge in [-0.05, 0) is 37.5 Å². The summed E-state index contributed by atoms with van der Waals surface area (Å²) in [5.41, 5.74) is 2.47. The van der Waals surface area contributed by atoms with Crippen LogP contribution in [0.15, 0.2) is 22.7 Å². The molecule has 1 saturated heterocycles. The summed E-state index contributed by atoms with van der Waals surface area (Å²) in [7, 11) is 0. The van der Waals surface area contributed by atoms with Crippen LogP contribution < -0.4 is 4.90 Å². The standard InChI is InChI=1S/C12H15BrClN/c1-9-3-2-6-15(9)11-5-4-10(8-14)12(13)7-11/h4-5,7,9H,2-3,6,8H2,1H3. The molecule has 1 unspecified atom stereocenters. The zero-order valence-corrected chi connectivity index (χ0v) is 11.2. The molecule has 1 aliphatic heterocycles. The average Bonchev–Trinajstić information content (AvgIpc) is 2.64. The lowest BCUT2D eigenvalue weighted by Gasteiger charge is -2.24. The number of hydrogen-bond donors (Lipinski definition) is 0. The fourth-order valence-corrected chi connectivity index (χ4v) is 3.04. The van der Waals surface area contributed by atoms with Crippen LogP contribution in [0.2, 0.25) is 0 Å². The normalized spacial score (nSPS) is 21.0. The molecule has 1 atom stereocenters. The molecule has 1 aromatic carbocycles. The van der Waals surface area contributed by atoms with E-state index in [-0.39, 0.29) is 0 Å². The molecular formula is C12H15BrClN. The van der Waals surface area contributed by atoms with Crippen molar-refractivity contribution < 1.29 is 0 Å². The van der Waals surface area contributed by atoms with Gasteiger partial charge in [0.2, 0.25) is 0 Å². The summed E-state index contributed by atoms with van der Waals surface area (Å²) in [4.78, 5) is 2.46. The Labute approximate surface area is 105 Å². The van der Waals surface area contributed by atoms with Crippen LogP contribution in [-0.4, -0.2) is 12.6 Å². The van der Waals surface area contributed by atoms with Gasteiger partial charge in [-0.3, -0.25) is 0 Å². The molecule has 0 bridgehead atoms. The van der Waals surface area contributed by atoms with Crippen LogP contribution in [0, 0.1) is 0 Å². The van der Waals surface area contributed by atoms with Gasteiger partial charge in [0, 0.05) is 28.6 Å².